The lowest BCUT2D eigenvalue weighted by atomic mass is 10.1. The molecule has 0 fully saturated rings. The summed E-state index contributed by atoms with van der Waals surface area (Å²) in [6, 6.07) is 1.69. The summed E-state index contributed by atoms with van der Waals surface area (Å²) < 4.78 is 0. The highest BCUT2D eigenvalue weighted by atomic mass is 35.5. The van der Waals surface area contributed by atoms with Crippen molar-refractivity contribution in [1.29, 1.82) is 0 Å². The monoisotopic (exact) mass is 240 g/mol. The minimum absolute atomic E-state index is 0.155. The van der Waals surface area contributed by atoms with Gasteiger partial charge in [-0.05, 0) is 18.9 Å². The first kappa shape index (κ1) is 13.0. The van der Waals surface area contributed by atoms with Crippen LogP contribution in [0, 0.1) is 12.8 Å². The van der Waals surface area contributed by atoms with Gasteiger partial charge in [0.1, 0.15) is 0 Å². The Morgan fingerprint density at radius 3 is 2.88 bits per heavy atom. The van der Waals surface area contributed by atoms with E-state index in [1.165, 1.54) is 6.20 Å². The van der Waals surface area contributed by atoms with Crippen molar-refractivity contribution in [2.45, 2.75) is 27.2 Å². The molecule has 0 bridgehead atoms. The third-order valence-corrected chi connectivity index (χ3v) is 2.86. The molecule has 0 saturated carbocycles. The van der Waals surface area contributed by atoms with E-state index >= 15 is 0 Å². The van der Waals surface area contributed by atoms with Crippen molar-refractivity contribution in [1.82, 2.24) is 10.3 Å². The van der Waals surface area contributed by atoms with Crippen molar-refractivity contribution in [3.05, 3.63) is 28.5 Å². The highest BCUT2D eigenvalue weighted by Gasteiger charge is 2.11. The number of carbonyl (C=O) groups is 1. The molecular weight excluding hydrogens is 224 g/mol. The third-order valence-electron chi connectivity index (χ3n) is 2.54. The first-order valence-electron chi connectivity index (χ1n) is 5.45. The van der Waals surface area contributed by atoms with Gasteiger partial charge in [-0.15, -0.1) is 0 Å². The van der Waals surface area contributed by atoms with E-state index in [0.717, 1.165) is 12.1 Å². The number of carbonyl (C=O) groups excluding carboxylic acids is 1. The van der Waals surface area contributed by atoms with Crippen molar-refractivity contribution in [2.24, 2.45) is 5.92 Å². The quantitative estimate of drug-likeness (QED) is 0.880. The molecule has 0 aromatic carbocycles. The third kappa shape index (κ3) is 3.49. The lowest BCUT2D eigenvalue weighted by Crippen LogP contribution is -2.28. The summed E-state index contributed by atoms with van der Waals surface area (Å²) >= 11 is 5.97. The number of rotatable bonds is 4. The Bertz CT molecular complexity index is 379. The molecule has 4 heteroatoms. The summed E-state index contributed by atoms with van der Waals surface area (Å²) in [6.45, 7) is 6.69. The summed E-state index contributed by atoms with van der Waals surface area (Å²) in [7, 11) is 0. The van der Waals surface area contributed by atoms with Crippen LogP contribution in [0.15, 0.2) is 12.3 Å². The van der Waals surface area contributed by atoms with Crippen LogP contribution in [-0.4, -0.2) is 17.4 Å². The van der Waals surface area contributed by atoms with Crippen LogP contribution in [0.25, 0.3) is 0 Å². The largest absolute Gasteiger partial charge is 0.352 e. The van der Waals surface area contributed by atoms with Gasteiger partial charge in [-0.25, -0.2) is 0 Å². The SMILES string of the molecule is CCC(C)CNC(=O)c1cnc(C)cc1Cl. The number of aryl methyl sites for hydroxylation is 1. The Hall–Kier alpha value is -1.09. The van der Waals surface area contributed by atoms with Gasteiger partial charge < -0.3 is 5.32 Å². The van der Waals surface area contributed by atoms with E-state index in [9.17, 15) is 4.79 Å². The summed E-state index contributed by atoms with van der Waals surface area (Å²) in [5, 5.41) is 3.30. The van der Waals surface area contributed by atoms with E-state index in [2.05, 4.69) is 24.1 Å². The van der Waals surface area contributed by atoms with Gasteiger partial charge in [0, 0.05) is 18.4 Å². The second-order valence-corrected chi connectivity index (χ2v) is 4.44. The molecule has 1 amide bonds. The van der Waals surface area contributed by atoms with Gasteiger partial charge in [0.25, 0.3) is 5.91 Å². The number of pyridine rings is 1. The summed E-state index contributed by atoms with van der Waals surface area (Å²) in [6.07, 6.45) is 2.56. The van der Waals surface area contributed by atoms with Crippen LogP contribution in [0.4, 0.5) is 0 Å². The number of aromatic nitrogens is 1. The predicted molar refractivity (Wildman–Crippen MR) is 65.8 cm³/mol. The Morgan fingerprint density at radius 1 is 1.62 bits per heavy atom. The number of amides is 1. The molecule has 1 aromatic heterocycles. The zero-order chi connectivity index (χ0) is 12.1. The fraction of sp³-hybridized carbons (Fsp3) is 0.500. The maximum Gasteiger partial charge on any atom is 0.254 e. The van der Waals surface area contributed by atoms with E-state index < -0.39 is 0 Å². The Kier molecular flexibility index (Phi) is 4.74. The standard InChI is InChI=1S/C12H17ClN2O/c1-4-8(2)6-15-12(16)10-7-14-9(3)5-11(10)13/h5,7-8H,4,6H2,1-3H3,(H,15,16). The van der Waals surface area contributed by atoms with Gasteiger partial charge in [-0.3, -0.25) is 9.78 Å². The van der Waals surface area contributed by atoms with Crippen LogP contribution in [0.5, 0.6) is 0 Å². The van der Waals surface area contributed by atoms with Crippen LogP contribution in [0.2, 0.25) is 5.02 Å². The van der Waals surface area contributed by atoms with Gasteiger partial charge >= 0.3 is 0 Å². The van der Waals surface area contributed by atoms with Crippen molar-refractivity contribution >= 4 is 17.5 Å². The van der Waals surface area contributed by atoms with Crippen LogP contribution < -0.4 is 5.32 Å². The number of nitrogens with one attached hydrogen (secondary N) is 1. The molecule has 0 radical (unpaired) electrons. The summed E-state index contributed by atoms with van der Waals surface area (Å²) in [4.78, 5) is 15.8. The molecule has 0 aliphatic heterocycles. The Morgan fingerprint density at radius 2 is 2.31 bits per heavy atom. The molecule has 0 aliphatic rings. The number of halogens is 1. The number of hydrogen-bond acceptors (Lipinski definition) is 2. The van der Waals surface area contributed by atoms with Gasteiger partial charge in [0.15, 0.2) is 0 Å². The minimum Gasteiger partial charge on any atom is -0.352 e. The second kappa shape index (κ2) is 5.85. The van der Waals surface area contributed by atoms with Crippen molar-refractivity contribution < 1.29 is 4.79 Å². The van der Waals surface area contributed by atoms with Crippen LogP contribution >= 0.6 is 11.6 Å². The zero-order valence-electron chi connectivity index (χ0n) is 9.88. The number of hydrogen-bond donors (Lipinski definition) is 1. The van der Waals surface area contributed by atoms with Gasteiger partial charge in [0.05, 0.1) is 10.6 Å². The second-order valence-electron chi connectivity index (χ2n) is 4.03. The molecule has 1 unspecified atom stereocenters. The normalized spacial score (nSPS) is 12.2. The topological polar surface area (TPSA) is 42.0 Å². The molecule has 16 heavy (non-hydrogen) atoms. The molecule has 88 valence electrons. The fourth-order valence-corrected chi connectivity index (χ4v) is 1.49. The van der Waals surface area contributed by atoms with Crippen molar-refractivity contribution in [3.63, 3.8) is 0 Å². The Labute approximate surface area is 101 Å². The fourth-order valence-electron chi connectivity index (χ4n) is 1.20. The molecule has 0 aliphatic carbocycles. The molecule has 1 heterocycles. The highest BCUT2D eigenvalue weighted by molar-refractivity contribution is 6.33. The smallest absolute Gasteiger partial charge is 0.254 e. The van der Waals surface area contributed by atoms with Gasteiger partial charge in [0.2, 0.25) is 0 Å². The van der Waals surface area contributed by atoms with E-state index in [1.54, 1.807) is 6.07 Å². The van der Waals surface area contributed by atoms with Gasteiger partial charge in [-0.2, -0.15) is 0 Å². The average Bonchev–Trinajstić information content (AvgIpc) is 2.25. The molecule has 1 atom stereocenters. The predicted octanol–water partition coefficient (Wildman–Crippen LogP) is 2.82. The molecule has 0 saturated heterocycles. The lowest BCUT2D eigenvalue weighted by molar-refractivity contribution is 0.0947. The van der Waals surface area contributed by atoms with Crippen molar-refractivity contribution in [2.75, 3.05) is 6.54 Å². The molecule has 1 aromatic rings. The molecule has 1 N–H and O–H groups in total. The van der Waals surface area contributed by atoms with E-state index in [0.29, 0.717) is 23.0 Å². The van der Waals surface area contributed by atoms with E-state index in [4.69, 9.17) is 11.6 Å². The first-order valence-corrected chi connectivity index (χ1v) is 5.82. The zero-order valence-corrected chi connectivity index (χ0v) is 10.6. The molecule has 0 spiro atoms. The molecule has 3 nitrogen and oxygen atoms in total. The molecular formula is C12H17ClN2O. The van der Waals surface area contributed by atoms with Crippen LogP contribution in [0.3, 0.4) is 0 Å². The summed E-state index contributed by atoms with van der Waals surface area (Å²) in [5.41, 5.74) is 1.25. The van der Waals surface area contributed by atoms with Crippen LogP contribution in [-0.2, 0) is 0 Å². The maximum absolute atomic E-state index is 11.8. The van der Waals surface area contributed by atoms with Crippen LogP contribution in [0.1, 0.15) is 36.3 Å². The Balaban J connectivity index is 2.66. The van der Waals surface area contributed by atoms with Crippen molar-refractivity contribution in [3.8, 4) is 0 Å². The minimum atomic E-state index is -0.155. The lowest BCUT2D eigenvalue weighted by Gasteiger charge is -2.10. The van der Waals surface area contributed by atoms with Gasteiger partial charge in [-0.1, -0.05) is 31.9 Å². The first-order chi connectivity index (χ1) is 7.54. The van der Waals surface area contributed by atoms with E-state index in [1.807, 2.05) is 6.92 Å². The molecule has 1 rings (SSSR count). The maximum atomic E-state index is 11.8. The number of nitrogens with zero attached hydrogens (tertiary/aromatic N) is 1. The summed E-state index contributed by atoms with van der Waals surface area (Å²) in [5.74, 6) is 0.318. The highest BCUT2D eigenvalue weighted by Crippen LogP contribution is 2.15. The van der Waals surface area contributed by atoms with E-state index in [-0.39, 0.29) is 5.91 Å². The average molecular weight is 241 g/mol.